The van der Waals surface area contributed by atoms with E-state index in [-0.39, 0.29) is 5.91 Å². The van der Waals surface area contributed by atoms with E-state index in [4.69, 9.17) is 0 Å². The zero-order chi connectivity index (χ0) is 21.0. The molecule has 1 unspecified atom stereocenters. The second-order valence-electron chi connectivity index (χ2n) is 6.44. The van der Waals surface area contributed by atoms with Gasteiger partial charge in [-0.3, -0.25) is 9.69 Å². The molecule has 1 saturated heterocycles. The number of alkyl halides is 2. The molecule has 1 aliphatic heterocycles. The van der Waals surface area contributed by atoms with Gasteiger partial charge in [0.2, 0.25) is 5.91 Å². The van der Waals surface area contributed by atoms with Crippen molar-refractivity contribution in [2.75, 3.05) is 31.5 Å². The lowest BCUT2D eigenvalue weighted by Crippen LogP contribution is -2.53. The van der Waals surface area contributed by atoms with E-state index < -0.39 is 21.8 Å². The molecule has 3 rings (SSSR count). The molecule has 1 aromatic heterocycles. The lowest BCUT2D eigenvalue weighted by atomic mass is 10.2. The van der Waals surface area contributed by atoms with Crippen LogP contribution < -0.4 is 5.32 Å². The van der Waals surface area contributed by atoms with Crippen LogP contribution in [0.4, 0.5) is 14.5 Å². The third-order valence-electron chi connectivity index (χ3n) is 4.64. The van der Waals surface area contributed by atoms with Crippen LogP contribution in [0.3, 0.4) is 0 Å². The number of sulfonamides is 1. The summed E-state index contributed by atoms with van der Waals surface area (Å²) in [6, 6.07) is 9.09. The minimum absolute atomic E-state index is 0.228. The number of rotatable bonds is 7. The quantitative estimate of drug-likeness (QED) is 0.640. The molecule has 2 heterocycles. The second-order valence-corrected chi connectivity index (χ2v) is 10.6. The number of thiophene rings is 1. The number of benzene rings is 1. The van der Waals surface area contributed by atoms with E-state index in [0.717, 1.165) is 0 Å². The van der Waals surface area contributed by atoms with Crippen molar-refractivity contribution in [2.24, 2.45) is 0 Å². The van der Waals surface area contributed by atoms with Crippen LogP contribution in [0.5, 0.6) is 0 Å². The lowest BCUT2D eigenvalue weighted by molar-refractivity contribution is -0.121. The number of amides is 1. The fourth-order valence-electron chi connectivity index (χ4n) is 3.00. The Labute approximate surface area is 176 Å². The van der Waals surface area contributed by atoms with Gasteiger partial charge < -0.3 is 5.32 Å². The summed E-state index contributed by atoms with van der Waals surface area (Å²) in [6.07, 6.45) is 0. The average molecular weight is 462 g/mol. The maximum Gasteiger partial charge on any atom is 0.288 e. The highest BCUT2D eigenvalue weighted by molar-refractivity contribution is 7.99. The molecule has 1 aliphatic rings. The van der Waals surface area contributed by atoms with Gasteiger partial charge in [-0.2, -0.15) is 13.1 Å². The van der Waals surface area contributed by atoms with E-state index >= 15 is 0 Å². The molecule has 1 fully saturated rings. The predicted molar refractivity (Wildman–Crippen MR) is 111 cm³/mol. The molecule has 0 bridgehead atoms. The third kappa shape index (κ3) is 5.54. The molecule has 6 nitrogen and oxygen atoms in total. The molecule has 0 radical (unpaired) electrons. The van der Waals surface area contributed by atoms with Crippen molar-refractivity contribution < 1.29 is 22.0 Å². The molecule has 1 aromatic carbocycles. The van der Waals surface area contributed by atoms with Crippen molar-refractivity contribution in [1.29, 1.82) is 0 Å². The zero-order valence-corrected chi connectivity index (χ0v) is 18.1. The molecule has 0 spiro atoms. The molecule has 29 heavy (non-hydrogen) atoms. The van der Waals surface area contributed by atoms with Gasteiger partial charge in [-0.25, -0.2) is 8.42 Å². The van der Waals surface area contributed by atoms with Crippen molar-refractivity contribution >= 4 is 44.7 Å². The van der Waals surface area contributed by atoms with Gasteiger partial charge in [-0.15, -0.1) is 11.3 Å². The Balaban J connectivity index is 1.53. The topological polar surface area (TPSA) is 69.7 Å². The van der Waals surface area contributed by atoms with E-state index in [1.54, 1.807) is 36.6 Å². The van der Waals surface area contributed by atoms with E-state index in [2.05, 4.69) is 5.32 Å². The first-order chi connectivity index (χ1) is 13.8. The lowest BCUT2D eigenvalue weighted by Gasteiger charge is -2.36. The Bertz CT molecular complexity index is 914. The number of carbonyl (C=O) groups is 1. The number of anilines is 1. The summed E-state index contributed by atoms with van der Waals surface area (Å²) >= 11 is 1.64. The monoisotopic (exact) mass is 461 g/mol. The van der Waals surface area contributed by atoms with Gasteiger partial charge in [0.25, 0.3) is 15.8 Å². The zero-order valence-electron chi connectivity index (χ0n) is 15.6. The maximum absolute atomic E-state index is 12.6. The number of nitrogens with one attached hydrogen (secondary N) is 1. The first kappa shape index (κ1) is 22.2. The number of hydrogen-bond acceptors (Lipinski definition) is 6. The van der Waals surface area contributed by atoms with Crippen LogP contribution in [-0.4, -0.2) is 61.5 Å². The predicted octanol–water partition coefficient (Wildman–Crippen LogP) is 3.40. The van der Waals surface area contributed by atoms with Gasteiger partial charge in [0.15, 0.2) is 0 Å². The number of nitrogens with zero attached hydrogens (tertiary/aromatic N) is 2. The second kappa shape index (κ2) is 9.52. The summed E-state index contributed by atoms with van der Waals surface area (Å²) in [5.41, 5.74) is 0.527. The maximum atomic E-state index is 12.6. The number of carbonyl (C=O) groups excluding carboxylic acids is 1. The SMILES string of the molecule is CC(C(=O)Nc1ccc(SC(F)F)cc1)N1CCN(S(=O)(=O)c2cccs2)CC1. The molecule has 158 valence electrons. The highest BCUT2D eigenvalue weighted by Crippen LogP contribution is 2.26. The van der Waals surface area contributed by atoms with Gasteiger partial charge in [0.1, 0.15) is 4.21 Å². The summed E-state index contributed by atoms with van der Waals surface area (Å²) in [5.74, 6) is -2.72. The van der Waals surface area contributed by atoms with Gasteiger partial charge in [-0.05, 0) is 42.6 Å². The summed E-state index contributed by atoms with van der Waals surface area (Å²) in [7, 11) is -3.48. The number of thioether (sulfide) groups is 1. The molecule has 11 heteroatoms. The van der Waals surface area contributed by atoms with Gasteiger partial charge in [-0.1, -0.05) is 17.8 Å². The Morgan fingerprint density at radius 1 is 1.14 bits per heavy atom. The van der Waals surface area contributed by atoms with E-state index in [0.29, 0.717) is 52.7 Å². The van der Waals surface area contributed by atoms with Gasteiger partial charge in [0, 0.05) is 36.8 Å². The third-order valence-corrected chi connectivity index (χ3v) is 8.63. The number of piperazine rings is 1. The van der Waals surface area contributed by atoms with Gasteiger partial charge in [0.05, 0.1) is 6.04 Å². The van der Waals surface area contributed by atoms with Crippen molar-refractivity contribution in [1.82, 2.24) is 9.21 Å². The first-order valence-corrected chi connectivity index (χ1v) is 12.1. The van der Waals surface area contributed by atoms with E-state index in [1.807, 2.05) is 4.90 Å². The highest BCUT2D eigenvalue weighted by atomic mass is 32.2. The molecular weight excluding hydrogens is 440 g/mol. The number of hydrogen-bond donors (Lipinski definition) is 1. The standard InChI is InChI=1S/C18H21F2N3O3S3/c1-13(17(24)21-14-4-6-15(7-5-14)28-18(19)20)22-8-10-23(11-9-22)29(25,26)16-3-2-12-27-16/h2-7,12-13,18H,8-11H2,1H3,(H,21,24). The van der Waals surface area contributed by atoms with Crippen molar-refractivity contribution in [3.05, 3.63) is 41.8 Å². The average Bonchev–Trinajstić information content (AvgIpc) is 3.24. The molecular formula is C18H21F2N3O3S3. The number of halogens is 2. The molecule has 0 saturated carbocycles. The van der Waals surface area contributed by atoms with Crippen LogP contribution >= 0.6 is 23.1 Å². The van der Waals surface area contributed by atoms with Crippen molar-refractivity contribution in [2.45, 2.75) is 27.8 Å². The first-order valence-electron chi connectivity index (χ1n) is 8.91. The Kier molecular flexibility index (Phi) is 7.28. The van der Waals surface area contributed by atoms with Crippen LogP contribution in [0, 0.1) is 0 Å². The largest absolute Gasteiger partial charge is 0.325 e. The minimum atomic E-state index is -3.48. The van der Waals surface area contributed by atoms with Crippen LogP contribution in [0.2, 0.25) is 0 Å². The Morgan fingerprint density at radius 2 is 1.79 bits per heavy atom. The summed E-state index contributed by atoms with van der Waals surface area (Å²) in [4.78, 5) is 14.9. The smallest absolute Gasteiger partial charge is 0.288 e. The molecule has 1 atom stereocenters. The molecule has 1 amide bonds. The van der Waals surface area contributed by atoms with E-state index in [1.165, 1.54) is 27.8 Å². The Hall–Kier alpha value is -1.53. The fourth-order valence-corrected chi connectivity index (χ4v) is 6.07. The van der Waals surface area contributed by atoms with Crippen LogP contribution in [0.15, 0.2) is 50.9 Å². The molecule has 2 aromatic rings. The highest BCUT2D eigenvalue weighted by Gasteiger charge is 2.32. The minimum Gasteiger partial charge on any atom is -0.325 e. The van der Waals surface area contributed by atoms with Crippen LogP contribution in [-0.2, 0) is 14.8 Å². The van der Waals surface area contributed by atoms with E-state index in [9.17, 15) is 22.0 Å². The summed E-state index contributed by atoms with van der Waals surface area (Å²) < 4.78 is 51.7. The van der Waals surface area contributed by atoms with Crippen LogP contribution in [0.1, 0.15) is 6.92 Å². The van der Waals surface area contributed by atoms with Crippen molar-refractivity contribution in [3.8, 4) is 0 Å². The summed E-state index contributed by atoms with van der Waals surface area (Å²) in [5, 5.41) is 4.51. The Morgan fingerprint density at radius 3 is 2.34 bits per heavy atom. The summed E-state index contributed by atoms with van der Waals surface area (Å²) in [6.45, 7) is 3.29. The normalized spacial score (nSPS) is 17.4. The van der Waals surface area contributed by atoms with Crippen molar-refractivity contribution in [3.63, 3.8) is 0 Å². The fraction of sp³-hybridized carbons (Fsp3) is 0.389. The van der Waals surface area contributed by atoms with Crippen LogP contribution in [0.25, 0.3) is 0 Å². The molecule has 0 aliphatic carbocycles. The van der Waals surface area contributed by atoms with Gasteiger partial charge >= 0.3 is 0 Å². The molecule has 1 N–H and O–H groups in total.